The molecule has 3 unspecified atom stereocenters. The van der Waals surface area contributed by atoms with E-state index in [-0.39, 0.29) is 36.6 Å². The van der Waals surface area contributed by atoms with E-state index in [9.17, 15) is 5.11 Å². The summed E-state index contributed by atoms with van der Waals surface area (Å²) in [5.41, 5.74) is 2.42. The molecule has 0 bridgehead atoms. The van der Waals surface area contributed by atoms with Gasteiger partial charge in [0, 0.05) is 26.2 Å². The molecule has 0 spiro atoms. The Balaban J connectivity index is 1.65. The molecule has 1 aliphatic carbocycles. The molecule has 2 aliphatic rings. The minimum absolute atomic E-state index is 0.143. The van der Waals surface area contributed by atoms with Crippen molar-refractivity contribution in [2.24, 2.45) is 11.3 Å². The Bertz CT molecular complexity index is 1070. The van der Waals surface area contributed by atoms with Crippen molar-refractivity contribution in [3.05, 3.63) is 47.0 Å². The maximum Gasteiger partial charge on any atom is 0.188 e. The van der Waals surface area contributed by atoms with Gasteiger partial charge in [0.2, 0.25) is 0 Å². The Morgan fingerprint density at radius 3 is 2.11 bits per heavy atom. The number of aliphatic hydroxyl groups excluding tert-OH is 1. The Kier molecular flexibility index (Phi) is 7.83. The number of ether oxygens (including phenoxy) is 6. The van der Waals surface area contributed by atoms with Crippen LogP contribution in [-0.4, -0.2) is 51.7 Å². The lowest BCUT2D eigenvalue weighted by Gasteiger charge is -2.55. The lowest BCUT2D eigenvalue weighted by atomic mass is 9.57. The molecule has 2 aromatic rings. The molecule has 3 atom stereocenters. The van der Waals surface area contributed by atoms with Gasteiger partial charge in [0.05, 0.1) is 13.2 Å². The fourth-order valence-electron chi connectivity index (χ4n) is 5.54. The van der Waals surface area contributed by atoms with Crippen molar-refractivity contribution in [1.82, 2.24) is 0 Å². The SMILES string of the molecule is COCOc1cc(/C=C/c2cc3c(c(OC)c2)OC2(C)CCC(O)C(C)(C)C2C3)cc(OCOC)c1. The standard InChI is InChI=1S/C29H38O7/c1-28(2)25-15-21-11-19(14-24(33-6)27(21)36-29(25,3)10-9-26(28)30)7-8-20-12-22(34-17-31-4)16-23(13-20)35-18-32-5/h7-8,11-14,16,25-26,30H,9-10,15,17-18H2,1-6H3/b8-7+. The van der Waals surface area contributed by atoms with Crippen molar-refractivity contribution < 1.29 is 33.5 Å². The van der Waals surface area contributed by atoms with Gasteiger partial charge in [-0.15, -0.1) is 0 Å². The van der Waals surface area contributed by atoms with Gasteiger partial charge >= 0.3 is 0 Å². The van der Waals surface area contributed by atoms with E-state index in [4.69, 9.17) is 28.4 Å². The molecule has 1 saturated carbocycles. The molecule has 7 heteroatoms. The van der Waals surface area contributed by atoms with E-state index in [1.807, 2.05) is 30.4 Å². The first-order chi connectivity index (χ1) is 17.2. The third-order valence-corrected chi connectivity index (χ3v) is 7.60. The molecule has 2 aromatic carbocycles. The molecule has 1 N–H and O–H groups in total. The average molecular weight is 499 g/mol. The summed E-state index contributed by atoms with van der Waals surface area (Å²) in [7, 11) is 4.83. The zero-order chi connectivity index (χ0) is 25.9. The van der Waals surface area contributed by atoms with Crippen LogP contribution in [0.25, 0.3) is 12.2 Å². The van der Waals surface area contributed by atoms with Gasteiger partial charge in [0.1, 0.15) is 17.1 Å². The largest absolute Gasteiger partial charge is 0.493 e. The summed E-state index contributed by atoms with van der Waals surface area (Å²) in [6.07, 6.45) is 6.08. The van der Waals surface area contributed by atoms with Crippen LogP contribution in [0.3, 0.4) is 0 Å². The lowest BCUT2D eigenvalue weighted by Crippen LogP contribution is -2.58. The minimum atomic E-state index is -0.340. The molecule has 1 fully saturated rings. The molecule has 1 aliphatic heterocycles. The molecular formula is C29H38O7. The van der Waals surface area contributed by atoms with Crippen LogP contribution in [-0.2, 0) is 15.9 Å². The third-order valence-electron chi connectivity index (χ3n) is 7.60. The van der Waals surface area contributed by atoms with Crippen molar-refractivity contribution in [2.45, 2.75) is 51.7 Å². The van der Waals surface area contributed by atoms with E-state index in [2.05, 4.69) is 26.8 Å². The highest BCUT2D eigenvalue weighted by Crippen LogP contribution is 2.54. The second kappa shape index (κ2) is 10.7. The van der Waals surface area contributed by atoms with Crippen LogP contribution in [0.15, 0.2) is 30.3 Å². The topological polar surface area (TPSA) is 75.6 Å². The Labute approximate surface area is 213 Å². The number of hydrogen-bond acceptors (Lipinski definition) is 7. The quantitative estimate of drug-likeness (QED) is 0.370. The predicted molar refractivity (Wildman–Crippen MR) is 139 cm³/mol. The number of methoxy groups -OCH3 is 3. The van der Waals surface area contributed by atoms with E-state index in [1.54, 1.807) is 27.4 Å². The second-order valence-electron chi connectivity index (χ2n) is 10.4. The highest BCUT2D eigenvalue weighted by Gasteiger charge is 2.54. The normalized spacial score (nSPS) is 24.5. The van der Waals surface area contributed by atoms with Crippen molar-refractivity contribution in [1.29, 1.82) is 0 Å². The van der Waals surface area contributed by atoms with Crippen LogP contribution in [0.4, 0.5) is 0 Å². The minimum Gasteiger partial charge on any atom is -0.493 e. The van der Waals surface area contributed by atoms with Crippen LogP contribution in [0, 0.1) is 11.3 Å². The van der Waals surface area contributed by atoms with E-state index >= 15 is 0 Å². The Morgan fingerprint density at radius 1 is 0.917 bits per heavy atom. The summed E-state index contributed by atoms with van der Waals surface area (Å²) in [5, 5.41) is 10.7. The molecule has 7 nitrogen and oxygen atoms in total. The van der Waals surface area contributed by atoms with Crippen molar-refractivity contribution in [3.8, 4) is 23.0 Å². The van der Waals surface area contributed by atoms with Gasteiger partial charge in [-0.2, -0.15) is 0 Å². The van der Waals surface area contributed by atoms with Gasteiger partial charge in [0.25, 0.3) is 0 Å². The highest BCUT2D eigenvalue weighted by molar-refractivity contribution is 5.73. The monoisotopic (exact) mass is 498 g/mol. The van der Waals surface area contributed by atoms with Crippen LogP contribution < -0.4 is 18.9 Å². The van der Waals surface area contributed by atoms with E-state index in [1.165, 1.54) is 0 Å². The van der Waals surface area contributed by atoms with Gasteiger partial charge in [-0.1, -0.05) is 26.0 Å². The second-order valence-corrected chi connectivity index (χ2v) is 10.4. The van der Waals surface area contributed by atoms with Crippen molar-refractivity contribution >= 4 is 12.2 Å². The molecule has 196 valence electrons. The van der Waals surface area contributed by atoms with Crippen LogP contribution >= 0.6 is 0 Å². The molecule has 1 heterocycles. The lowest BCUT2D eigenvalue weighted by molar-refractivity contribution is -0.138. The van der Waals surface area contributed by atoms with Gasteiger partial charge < -0.3 is 33.5 Å². The van der Waals surface area contributed by atoms with Crippen molar-refractivity contribution in [2.75, 3.05) is 34.9 Å². The van der Waals surface area contributed by atoms with Crippen LogP contribution in [0.2, 0.25) is 0 Å². The summed E-state index contributed by atoms with van der Waals surface area (Å²) < 4.78 is 33.7. The van der Waals surface area contributed by atoms with E-state index < -0.39 is 0 Å². The third kappa shape index (κ3) is 5.33. The fourth-order valence-corrected chi connectivity index (χ4v) is 5.54. The molecular weight excluding hydrogens is 460 g/mol. The molecule has 36 heavy (non-hydrogen) atoms. The molecule has 0 radical (unpaired) electrons. The number of aliphatic hydroxyl groups is 1. The summed E-state index contributed by atoms with van der Waals surface area (Å²) >= 11 is 0. The molecule has 0 saturated heterocycles. The summed E-state index contributed by atoms with van der Waals surface area (Å²) in [6, 6.07) is 9.79. The summed E-state index contributed by atoms with van der Waals surface area (Å²) in [5.74, 6) is 3.00. The van der Waals surface area contributed by atoms with E-state index in [0.717, 1.165) is 47.5 Å². The van der Waals surface area contributed by atoms with Gasteiger partial charge in [0.15, 0.2) is 25.1 Å². The molecule has 0 amide bonds. The summed E-state index contributed by atoms with van der Waals surface area (Å²) in [6.45, 7) is 6.76. The zero-order valence-corrected chi connectivity index (χ0v) is 22.1. The number of rotatable bonds is 9. The van der Waals surface area contributed by atoms with E-state index in [0.29, 0.717) is 11.5 Å². The van der Waals surface area contributed by atoms with Gasteiger partial charge in [-0.05, 0) is 72.6 Å². The van der Waals surface area contributed by atoms with Gasteiger partial charge in [-0.25, -0.2) is 0 Å². The molecule has 4 rings (SSSR count). The Hall–Kier alpha value is -2.74. The number of fused-ring (bicyclic) bond motifs is 2. The zero-order valence-electron chi connectivity index (χ0n) is 22.1. The van der Waals surface area contributed by atoms with Crippen LogP contribution in [0.5, 0.6) is 23.0 Å². The number of benzene rings is 2. The number of hydrogen-bond donors (Lipinski definition) is 1. The predicted octanol–water partition coefficient (Wildman–Crippen LogP) is 5.32. The maximum absolute atomic E-state index is 10.7. The highest BCUT2D eigenvalue weighted by atomic mass is 16.7. The first kappa shape index (κ1) is 26.3. The van der Waals surface area contributed by atoms with Crippen LogP contribution in [0.1, 0.15) is 50.3 Å². The first-order valence-corrected chi connectivity index (χ1v) is 12.3. The fraction of sp³-hybridized carbons (Fsp3) is 0.517. The van der Waals surface area contributed by atoms with Crippen molar-refractivity contribution in [3.63, 3.8) is 0 Å². The summed E-state index contributed by atoms with van der Waals surface area (Å²) in [4.78, 5) is 0. The average Bonchev–Trinajstić information content (AvgIpc) is 2.86. The smallest absolute Gasteiger partial charge is 0.188 e. The molecule has 0 aromatic heterocycles. The first-order valence-electron chi connectivity index (χ1n) is 12.3. The maximum atomic E-state index is 10.7. The van der Waals surface area contributed by atoms with Gasteiger partial charge in [-0.3, -0.25) is 0 Å². The Morgan fingerprint density at radius 2 is 1.53 bits per heavy atom.